The minimum atomic E-state index is 0.375. The van der Waals surface area contributed by atoms with E-state index in [4.69, 9.17) is 18.0 Å². The molecule has 0 spiro atoms. The number of aromatic nitrogens is 1. The summed E-state index contributed by atoms with van der Waals surface area (Å²) in [5.41, 5.74) is 7.56. The number of piperazine rings is 1. The predicted molar refractivity (Wildman–Crippen MR) is 83.6 cm³/mol. The second-order valence-corrected chi connectivity index (χ2v) is 5.86. The van der Waals surface area contributed by atoms with Gasteiger partial charge >= 0.3 is 0 Å². The molecule has 2 heterocycles. The van der Waals surface area contributed by atoms with Crippen molar-refractivity contribution in [2.75, 3.05) is 37.6 Å². The minimum Gasteiger partial charge on any atom is -0.388 e. The Morgan fingerprint density at radius 3 is 2.63 bits per heavy atom. The zero-order chi connectivity index (χ0) is 13.8. The van der Waals surface area contributed by atoms with Gasteiger partial charge in [-0.2, -0.15) is 0 Å². The molecule has 0 bridgehead atoms. The van der Waals surface area contributed by atoms with Gasteiger partial charge in [-0.05, 0) is 18.1 Å². The molecular weight excluding hydrogens is 256 g/mol. The van der Waals surface area contributed by atoms with Crippen LogP contribution in [0, 0.1) is 5.92 Å². The van der Waals surface area contributed by atoms with Crippen LogP contribution in [0.4, 0.5) is 5.69 Å². The van der Waals surface area contributed by atoms with E-state index in [0.29, 0.717) is 4.99 Å². The summed E-state index contributed by atoms with van der Waals surface area (Å²) >= 11 is 5.08. The van der Waals surface area contributed by atoms with Gasteiger partial charge in [0, 0.05) is 38.9 Å². The third-order valence-corrected chi connectivity index (χ3v) is 3.55. The molecule has 1 aliphatic rings. The summed E-state index contributed by atoms with van der Waals surface area (Å²) in [6.07, 6.45) is 1.74. The van der Waals surface area contributed by atoms with Crippen molar-refractivity contribution >= 4 is 22.9 Å². The normalized spacial score (nSPS) is 16.9. The standard InChI is InChI=1S/C14H22N4S/c1-11(2)10-17-6-8-18(9-7-17)12-4-3-5-16-13(12)14(15)19/h3-5,11H,6-10H2,1-2H3,(H2,15,19). The summed E-state index contributed by atoms with van der Waals surface area (Å²) in [4.78, 5) is 9.52. The first-order chi connectivity index (χ1) is 9.08. The number of thiocarbonyl (C=S) groups is 1. The van der Waals surface area contributed by atoms with Crippen LogP contribution in [0.15, 0.2) is 18.3 Å². The van der Waals surface area contributed by atoms with Gasteiger partial charge in [0.15, 0.2) is 0 Å². The average Bonchev–Trinajstić information content (AvgIpc) is 2.39. The maximum Gasteiger partial charge on any atom is 0.124 e. The molecule has 1 saturated heterocycles. The smallest absolute Gasteiger partial charge is 0.124 e. The Hall–Kier alpha value is -1.20. The maximum atomic E-state index is 5.75. The number of hydrogen-bond donors (Lipinski definition) is 1. The molecule has 1 fully saturated rings. The molecule has 0 aliphatic carbocycles. The van der Waals surface area contributed by atoms with Crippen LogP contribution in [0.2, 0.25) is 0 Å². The molecule has 19 heavy (non-hydrogen) atoms. The topological polar surface area (TPSA) is 45.4 Å². The number of nitrogens with zero attached hydrogens (tertiary/aromatic N) is 3. The first kappa shape index (κ1) is 14.2. The molecule has 1 aliphatic heterocycles. The zero-order valence-corrected chi connectivity index (χ0v) is 12.5. The molecule has 0 aromatic carbocycles. The quantitative estimate of drug-likeness (QED) is 0.846. The summed E-state index contributed by atoms with van der Waals surface area (Å²) in [7, 11) is 0. The van der Waals surface area contributed by atoms with Crippen molar-refractivity contribution in [3.63, 3.8) is 0 Å². The lowest BCUT2D eigenvalue weighted by atomic mass is 10.1. The summed E-state index contributed by atoms with van der Waals surface area (Å²) in [5, 5.41) is 0. The fraction of sp³-hybridized carbons (Fsp3) is 0.571. The molecule has 0 atom stereocenters. The van der Waals surface area contributed by atoms with E-state index in [0.717, 1.165) is 43.5 Å². The van der Waals surface area contributed by atoms with Crippen LogP contribution < -0.4 is 10.6 Å². The number of rotatable bonds is 4. The first-order valence-corrected chi connectivity index (χ1v) is 7.21. The van der Waals surface area contributed by atoms with Crippen LogP contribution in [0.25, 0.3) is 0 Å². The van der Waals surface area contributed by atoms with Gasteiger partial charge in [0.1, 0.15) is 10.7 Å². The van der Waals surface area contributed by atoms with Crippen LogP contribution >= 0.6 is 12.2 Å². The van der Waals surface area contributed by atoms with E-state index in [1.54, 1.807) is 6.20 Å². The van der Waals surface area contributed by atoms with Crippen molar-refractivity contribution in [2.45, 2.75) is 13.8 Å². The van der Waals surface area contributed by atoms with Crippen molar-refractivity contribution in [3.05, 3.63) is 24.0 Å². The van der Waals surface area contributed by atoms with Crippen molar-refractivity contribution < 1.29 is 0 Å². The monoisotopic (exact) mass is 278 g/mol. The molecule has 5 heteroatoms. The molecule has 0 radical (unpaired) electrons. The summed E-state index contributed by atoms with van der Waals surface area (Å²) < 4.78 is 0. The van der Waals surface area contributed by atoms with Gasteiger partial charge in [0.05, 0.1) is 5.69 Å². The van der Waals surface area contributed by atoms with Crippen molar-refractivity contribution in [1.29, 1.82) is 0 Å². The fourth-order valence-electron chi connectivity index (χ4n) is 2.53. The van der Waals surface area contributed by atoms with Gasteiger partial charge in [-0.15, -0.1) is 0 Å². The second-order valence-electron chi connectivity index (χ2n) is 5.42. The Kier molecular flexibility index (Phi) is 4.71. The Balaban J connectivity index is 2.04. The molecule has 2 N–H and O–H groups in total. The lowest BCUT2D eigenvalue weighted by molar-refractivity contribution is 0.231. The Morgan fingerprint density at radius 1 is 1.37 bits per heavy atom. The molecule has 0 amide bonds. The molecule has 1 aromatic heterocycles. The third-order valence-electron chi connectivity index (χ3n) is 3.36. The van der Waals surface area contributed by atoms with Gasteiger partial charge in [-0.25, -0.2) is 0 Å². The lowest BCUT2D eigenvalue weighted by Gasteiger charge is -2.37. The summed E-state index contributed by atoms with van der Waals surface area (Å²) in [6.45, 7) is 9.88. The Bertz CT molecular complexity index is 439. The first-order valence-electron chi connectivity index (χ1n) is 6.80. The minimum absolute atomic E-state index is 0.375. The number of anilines is 1. The highest BCUT2D eigenvalue weighted by Crippen LogP contribution is 2.20. The maximum absolute atomic E-state index is 5.75. The molecule has 4 nitrogen and oxygen atoms in total. The third kappa shape index (κ3) is 3.64. The zero-order valence-electron chi connectivity index (χ0n) is 11.7. The van der Waals surface area contributed by atoms with Crippen LogP contribution in [-0.2, 0) is 0 Å². The fourth-order valence-corrected chi connectivity index (χ4v) is 2.69. The molecule has 0 saturated carbocycles. The van der Waals surface area contributed by atoms with Gasteiger partial charge in [0.2, 0.25) is 0 Å². The molecule has 104 valence electrons. The van der Waals surface area contributed by atoms with Crippen LogP contribution in [0.1, 0.15) is 19.5 Å². The van der Waals surface area contributed by atoms with E-state index < -0.39 is 0 Å². The highest BCUT2D eigenvalue weighted by atomic mass is 32.1. The highest BCUT2D eigenvalue weighted by molar-refractivity contribution is 7.80. The van der Waals surface area contributed by atoms with Crippen LogP contribution in [0.5, 0.6) is 0 Å². The van der Waals surface area contributed by atoms with Gasteiger partial charge < -0.3 is 10.6 Å². The molecule has 1 aromatic rings. The van der Waals surface area contributed by atoms with Crippen LogP contribution in [0.3, 0.4) is 0 Å². The van der Waals surface area contributed by atoms with E-state index in [1.807, 2.05) is 6.07 Å². The van der Waals surface area contributed by atoms with E-state index in [1.165, 1.54) is 6.54 Å². The molecular formula is C14H22N4S. The van der Waals surface area contributed by atoms with E-state index in [-0.39, 0.29) is 0 Å². The largest absolute Gasteiger partial charge is 0.388 e. The number of pyridine rings is 1. The Morgan fingerprint density at radius 2 is 2.05 bits per heavy atom. The molecule has 0 unspecified atom stereocenters. The molecule has 2 rings (SSSR count). The van der Waals surface area contributed by atoms with Crippen molar-refractivity contribution in [1.82, 2.24) is 9.88 Å². The van der Waals surface area contributed by atoms with Crippen molar-refractivity contribution in [3.8, 4) is 0 Å². The number of nitrogens with two attached hydrogens (primary N) is 1. The SMILES string of the molecule is CC(C)CN1CCN(c2cccnc2C(N)=S)CC1. The lowest BCUT2D eigenvalue weighted by Crippen LogP contribution is -2.48. The highest BCUT2D eigenvalue weighted by Gasteiger charge is 2.20. The average molecular weight is 278 g/mol. The predicted octanol–water partition coefficient (Wildman–Crippen LogP) is 1.49. The summed E-state index contributed by atoms with van der Waals surface area (Å²) in [5.74, 6) is 0.720. The van der Waals surface area contributed by atoms with E-state index in [2.05, 4.69) is 34.7 Å². The number of hydrogen-bond acceptors (Lipinski definition) is 4. The summed E-state index contributed by atoms with van der Waals surface area (Å²) in [6, 6.07) is 4.00. The van der Waals surface area contributed by atoms with E-state index in [9.17, 15) is 0 Å². The second kappa shape index (κ2) is 6.30. The van der Waals surface area contributed by atoms with Gasteiger partial charge in [0.25, 0.3) is 0 Å². The van der Waals surface area contributed by atoms with Crippen molar-refractivity contribution in [2.24, 2.45) is 11.7 Å². The van der Waals surface area contributed by atoms with E-state index >= 15 is 0 Å². The van der Waals surface area contributed by atoms with Gasteiger partial charge in [-0.3, -0.25) is 9.88 Å². The van der Waals surface area contributed by atoms with Gasteiger partial charge in [-0.1, -0.05) is 26.1 Å². The Labute approximate surface area is 120 Å². The van der Waals surface area contributed by atoms with Crippen LogP contribution in [-0.4, -0.2) is 47.6 Å².